The van der Waals surface area contributed by atoms with E-state index in [1.165, 1.54) is 0 Å². The first-order valence-electron chi connectivity index (χ1n) is 5.51. The van der Waals surface area contributed by atoms with Crippen LogP contribution in [0.2, 0.25) is 5.02 Å². The van der Waals surface area contributed by atoms with E-state index in [1.54, 1.807) is 24.3 Å². The van der Waals surface area contributed by atoms with Crippen LogP contribution in [-0.4, -0.2) is 4.98 Å². The molecule has 21 heavy (non-hydrogen) atoms. The van der Waals surface area contributed by atoms with Gasteiger partial charge in [0, 0.05) is 4.47 Å². The molecule has 0 aliphatic carbocycles. The molecule has 2 rings (SSSR count). The molecule has 0 atom stereocenters. The smallest absolute Gasteiger partial charge is 0.338 e. The molecule has 108 valence electrons. The monoisotopic (exact) mass is 375 g/mol. The minimum absolute atomic E-state index is 0.0148. The summed E-state index contributed by atoms with van der Waals surface area (Å²) < 4.78 is 38.7. The van der Waals surface area contributed by atoms with Gasteiger partial charge in [-0.05, 0) is 30.3 Å². The first kappa shape index (κ1) is 15.6. The van der Waals surface area contributed by atoms with E-state index in [4.69, 9.17) is 16.9 Å². The topological polar surface area (TPSA) is 48.7 Å². The molecule has 0 spiro atoms. The minimum Gasteiger partial charge on any atom is -0.338 e. The molecule has 0 amide bonds. The number of pyridine rings is 1. The summed E-state index contributed by atoms with van der Waals surface area (Å²) in [6, 6.07) is 8.41. The molecular weight excluding hydrogens is 371 g/mol. The number of anilines is 2. The fraction of sp³-hybridized carbons (Fsp3) is 0.0769. The van der Waals surface area contributed by atoms with Crippen LogP contribution in [0.25, 0.3) is 0 Å². The van der Waals surface area contributed by atoms with Gasteiger partial charge in [0.15, 0.2) is 0 Å². The van der Waals surface area contributed by atoms with E-state index in [0.29, 0.717) is 15.2 Å². The Balaban J connectivity index is 2.47. The lowest BCUT2D eigenvalue weighted by Gasteiger charge is -2.12. The average Bonchev–Trinajstić information content (AvgIpc) is 2.42. The van der Waals surface area contributed by atoms with Crippen LogP contribution in [0.4, 0.5) is 24.7 Å². The van der Waals surface area contributed by atoms with Crippen molar-refractivity contribution in [1.29, 1.82) is 5.26 Å². The number of hydrogen-bond donors (Lipinski definition) is 1. The van der Waals surface area contributed by atoms with E-state index >= 15 is 0 Å². The summed E-state index contributed by atoms with van der Waals surface area (Å²) in [5.74, 6) is -0.202. The molecule has 1 N–H and O–H groups in total. The van der Waals surface area contributed by atoms with Crippen LogP contribution >= 0.6 is 27.5 Å². The van der Waals surface area contributed by atoms with Gasteiger partial charge in [-0.15, -0.1) is 0 Å². The van der Waals surface area contributed by atoms with E-state index in [0.717, 1.165) is 12.1 Å². The van der Waals surface area contributed by atoms with Crippen LogP contribution in [0.15, 0.2) is 34.8 Å². The van der Waals surface area contributed by atoms with E-state index < -0.39 is 11.9 Å². The van der Waals surface area contributed by atoms with E-state index in [1.807, 2.05) is 0 Å². The molecular formula is C13H6BrClF3N3. The van der Waals surface area contributed by atoms with Crippen molar-refractivity contribution < 1.29 is 13.2 Å². The molecule has 8 heteroatoms. The lowest BCUT2D eigenvalue weighted by Crippen LogP contribution is -2.10. The molecule has 0 saturated heterocycles. The Bertz CT molecular complexity index is 726. The third-order valence-corrected chi connectivity index (χ3v) is 3.31. The number of alkyl halides is 3. The lowest BCUT2D eigenvalue weighted by atomic mass is 10.2. The number of rotatable bonds is 2. The van der Waals surface area contributed by atoms with Crippen molar-refractivity contribution in [1.82, 2.24) is 4.98 Å². The summed E-state index contributed by atoms with van der Waals surface area (Å²) in [5, 5.41) is 11.9. The van der Waals surface area contributed by atoms with Gasteiger partial charge in [-0.25, -0.2) is 4.98 Å². The van der Waals surface area contributed by atoms with Gasteiger partial charge in [0.05, 0.1) is 16.3 Å². The fourth-order valence-electron chi connectivity index (χ4n) is 1.52. The number of halogens is 5. The molecule has 0 aliphatic heterocycles. The Morgan fingerprint density at radius 2 is 1.95 bits per heavy atom. The number of benzene rings is 1. The predicted molar refractivity (Wildman–Crippen MR) is 76.4 cm³/mol. The average molecular weight is 377 g/mol. The molecule has 1 heterocycles. The number of hydrogen-bond acceptors (Lipinski definition) is 3. The van der Waals surface area contributed by atoms with Crippen LogP contribution in [0, 0.1) is 11.3 Å². The van der Waals surface area contributed by atoms with Crippen LogP contribution in [0.1, 0.15) is 11.3 Å². The molecule has 0 saturated carbocycles. The summed E-state index contributed by atoms with van der Waals surface area (Å²) in [4.78, 5) is 3.45. The maximum Gasteiger partial charge on any atom is 0.433 e. The van der Waals surface area contributed by atoms with Crippen molar-refractivity contribution in [2.45, 2.75) is 6.18 Å². The van der Waals surface area contributed by atoms with Gasteiger partial charge in [0.1, 0.15) is 17.6 Å². The van der Waals surface area contributed by atoms with Crippen LogP contribution < -0.4 is 5.32 Å². The molecule has 1 aromatic carbocycles. The highest BCUT2D eigenvalue weighted by Crippen LogP contribution is 2.32. The molecule has 0 bridgehead atoms. The zero-order chi connectivity index (χ0) is 15.6. The maximum atomic E-state index is 12.7. The highest BCUT2D eigenvalue weighted by molar-refractivity contribution is 9.10. The van der Waals surface area contributed by atoms with Crippen LogP contribution in [0.5, 0.6) is 0 Å². The number of aromatic nitrogens is 1. The third kappa shape index (κ3) is 3.65. The summed E-state index contributed by atoms with van der Waals surface area (Å²) in [6.07, 6.45) is -4.59. The van der Waals surface area contributed by atoms with Gasteiger partial charge in [0.2, 0.25) is 0 Å². The Morgan fingerprint density at radius 3 is 2.57 bits per heavy atom. The molecule has 0 fully saturated rings. The molecule has 0 unspecified atom stereocenters. The Morgan fingerprint density at radius 1 is 1.24 bits per heavy atom. The number of nitrogens with zero attached hydrogens (tertiary/aromatic N) is 2. The largest absolute Gasteiger partial charge is 0.433 e. The van der Waals surface area contributed by atoms with Crippen molar-refractivity contribution >= 4 is 39.0 Å². The summed E-state index contributed by atoms with van der Waals surface area (Å²) >= 11 is 9.18. The van der Waals surface area contributed by atoms with E-state index in [-0.39, 0.29) is 11.4 Å². The minimum atomic E-state index is -4.59. The van der Waals surface area contributed by atoms with Crippen molar-refractivity contribution in [2.24, 2.45) is 0 Å². The van der Waals surface area contributed by atoms with Crippen molar-refractivity contribution in [3.63, 3.8) is 0 Å². The van der Waals surface area contributed by atoms with Crippen molar-refractivity contribution in [3.05, 3.63) is 51.1 Å². The van der Waals surface area contributed by atoms with Gasteiger partial charge < -0.3 is 5.32 Å². The van der Waals surface area contributed by atoms with E-state index in [2.05, 4.69) is 26.2 Å². The van der Waals surface area contributed by atoms with Crippen molar-refractivity contribution in [3.8, 4) is 6.07 Å². The van der Waals surface area contributed by atoms with Gasteiger partial charge in [-0.2, -0.15) is 18.4 Å². The van der Waals surface area contributed by atoms with E-state index in [9.17, 15) is 13.2 Å². The molecule has 1 aromatic heterocycles. The van der Waals surface area contributed by atoms with Gasteiger partial charge in [0.25, 0.3) is 0 Å². The first-order chi connectivity index (χ1) is 9.81. The fourth-order valence-corrected chi connectivity index (χ4v) is 2.05. The lowest BCUT2D eigenvalue weighted by molar-refractivity contribution is -0.141. The molecule has 0 radical (unpaired) electrons. The zero-order valence-electron chi connectivity index (χ0n) is 10.2. The van der Waals surface area contributed by atoms with Crippen LogP contribution in [-0.2, 0) is 6.18 Å². The maximum absolute atomic E-state index is 12.7. The highest BCUT2D eigenvalue weighted by Gasteiger charge is 2.33. The standard InChI is InChI=1S/C13H6BrClF3N3/c14-8-2-3-9(15)10(5-8)20-12-7(6-19)1-4-11(21-12)13(16,17)18/h1-5H,(H,20,21). The predicted octanol–water partition coefficient (Wildman–Crippen LogP) is 5.13. The Hall–Kier alpha value is -1.78. The zero-order valence-corrected chi connectivity index (χ0v) is 12.5. The Labute approximate surface area is 131 Å². The first-order valence-corrected chi connectivity index (χ1v) is 6.69. The normalized spacial score (nSPS) is 11.0. The summed E-state index contributed by atoms with van der Waals surface area (Å²) in [7, 11) is 0. The van der Waals surface area contributed by atoms with Gasteiger partial charge in [-0.1, -0.05) is 27.5 Å². The number of nitrogens with one attached hydrogen (secondary N) is 1. The third-order valence-electron chi connectivity index (χ3n) is 2.49. The second-order valence-corrected chi connectivity index (χ2v) is 5.27. The number of nitriles is 1. The SMILES string of the molecule is N#Cc1ccc(C(F)(F)F)nc1Nc1cc(Br)ccc1Cl. The summed E-state index contributed by atoms with van der Waals surface area (Å²) in [6.45, 7) is 0. The Kier molecular flexibility index (Phi) is 4.40. The summed E-state index contributed by atoms with van der Waals surface area (Å²) in [5.41, 5.74) is -0.761. The molecule has 2 aromatic rings. The molecule has 0 aliphatic rings. The highest BCUT2D eigenvalue weighted by atomic mass is 79.9. The van der Waals surface area contributed by atoms with Crippen LogP contribution in [0.3, 0.4) is 0 Å². The quantitative estimate of drug-likeness (QED) is 0.790. The second-order valence-electron chi connectivity index (χ2n) is 3.95. The van der Waals surface area contributed by atoms with Crippen molar-refractivity contribution in [2.75, 3.05) is 5.32 Å². The molecule has 3 nitrogen and oxygen atoms in total. The second kappa shape index (κ2) is 5.92. The van der Waals surface area contributed by atoms with Gasteiger partial charge >= 0.3 is 6.18 Å². The van der Waals surface area contributed by atoms with Gasteiger partial charge in [-0.3, -0.25) is 0 Å².